The summed E-state index contributed by atoms with van der Waals surface area (Å²) in [4.78, 5) is 11.4. The number of hydrogen-bond donors (Lipinski definition) is 1. The van der Waals surface area contributed by atoms with E-state index in [0.717, 1.165) is 12.0 Å². The van der Waals surface area contributed by atoms with Crippen LogP contribution < -0.4 is 5.73 Å². The average molecular weight is 222 g/mol. The maximum Gasteiger partial charge on any atom is 0.158 e. The van der Waals surface area contributed by atoms with E-state index in [0.29, 0.717) is 17.1 Å². The van der Waals surface area contributed by atoms with E-state index in [2.05, 4.69) is 0 Å². The lowest BCUT2D eigenvalue weighted by Crippen LogP contribution is -2.16. The molecule has 0 aromatic heterocycles. The Morgan fingerprint density at radius 1 is 1.27 bits per heavy atom. The predicted octanol–water partition coefficient (Wildman–Crippen LogP) is 2.63. The molecule has 0 radical (unpaired) electrons. The second-order valence-corrected chi connectivity index (χ2v) is 4.22. The van der Waals surface area contributed by atoms with Gasteiger partial charge in [0.05, 0.1) is 0 Å². The summed E-state index contributed by atoms with van der Waals surface area (Å²) >= 11 is 6.08. The van der Waals surface area contributed by atoms with Crippen molar-refractivity contribution in [2.24, 2.45) is 5.73 Å². The minimum absolute atomic E-state index is 0.0867. The second kappa shape index (κ2) is 4.07. The summed E-state index contributed by atoms with van der Waals surface area (Å²) in [6, 6.07) is 7.62. The molecule has 0 fully saturated rings. The van der Waals surface area contributed by atoms with Gasteiger partial charge >= 0.3 is 0 Å². The number of carbonyl (C=O) groups excluding carboxylic acids is 1. The number of nitrogens with two attached hydrogens (primary N) is 1. The molecule has 0 saturated heterocycles. The number of allylic oxidation sites excluding steroid dienone is 2. The van der Waals surface area contributed by atoms with Crippen molar-refractivity contribution in [1.82, 2.24) is 0 Å². The van der Waals surface area contributed by atoms with E-state index in [9.17, 15) is 4.79 Å². The summed E-state index contributed by atoms with van der Waals surface area (Å²) in [5, 5.41) is 0.713. The third kappa shape index (κ3) is 2.21. The molecule has 1 aliphatic carbocycles. The zero-order chi connectivity index (χ0) is 10.8. The quantitative estimate of drug-likeness (QED) is 0.792. The Bertz CT molecular complexity index is 425. The number of hydrogen-bond acceptors (Lipinski definition) is 2. The zero-order valence-electron chi connectivity index (χ0n) is 8.24. The van der Waals surface area contributed by atoms with Crippen LogP contribution in [0.2, 0.25) is 5.02 Å². The third-order valence-electron chi connectivity index (χ3n) is 2.62. The van der Waals surface area contributed by atoms with Crippen LogP contribution in [0.5, 0.6) is 0 Å². The van der Waals surface area contributed by atoms with E-state index in [1.165, 1.54) is 6.08 Å². The smallest absolute Gasteiger partial charge is 0.158 e. The molecule has 0 heterocycles. The summed E-state index contributed by atoms with van der Waals surface area (Å²) < 4.78 is 0. The first-order valence-electron chi connectivity index (χ1n) is 4.90. The molecule has 0 saturated carbocycles. The lowest BCUT2D eigenvalue weighted by Gasteiger charge is -2.21. The van der Waals surface area contributed by atoms with Crippen molar-refractivity contribution in [3.63, 3.8) is 0 Å². The van der Waals surface area contributed by atoms with E-state index in [1.807, 2.05) is 24.3 Å². The van der Waals surface area contributed by atoms with Gasteiger partial charge in [-0.15, -0.1) is 0 Å². The van der Waals surface area contributed by atoms with Crippen LogP contribution in [0.15, 0.2) is 36.0 Å². The SMILES string of the molecule is NC1=CC(=O)CC(c2ccccc2Cl)C1. The molecular weight excluding hydrogens is 210 g/mol. The highest BCUT2D eigenvalue weighted by molar-refractivity contribution is 6.31. The minimum atomic E-state index is 0.0867. The predicted molar refractivity (Wildman–Crippen MR) is 60.7 cm³/mol. The monoisotopic (exact) mass is 221 g/mol. The zero-order valence-corrected chi connectivity index (χ0v) is 9.00. The average Bonchev–Trinajstić information content (AvgIpc) is 2.16. The summed E-state index contributed by atoms with van der Waals surface area (Å²) in [7, 11) is 0. The lowest BCUT2D eigenvalue weighted by molar-refractivity contribution is -0.115. The standard InChI is InChI=1S/C12H12ClNO/c13-12-4-2-1-3-11(12)8-5-9(14)7-10(15)6-8/h1-4,7-8H,5-6,14H2. The fraction of sp³-hybridized carbons (Fsp3) is 0.250. The molecule has 0 spiro atoms. The molecule has 0 bridgehead atoms. The fourth-order valence-electron chi connectivity index (χ4n) is 1.95. The first kappa shape index (κ1) is 10.2. The van der Waals surface area contributed by atoms with Crippen molar-refractivity contribution in [3.05, 3.63) is 46.6 Å². The van der Waals surface area contributed by atoms with Crippen molar-refractivity contribution < 1.29 is 4.79 Å². The van der Waals surface area contributed by atoms with E-state index >= 15 is 0 Å². The molecule has 0 aliphatic heterocycles. The second-order valence-electron chi connectivity index (χ2n) is 3.81. The molecule has 2 N–H and O–H groups in total. The van der Waals surface area contributed by atoms with Crippen molar-refractivity contribution in [1.29, 1.82) is 0 Å². The van der Waals surface area contributed by atoms with Gasteiger partial charge in [-0.05, 0) is 30.0 Å². The summed E-state index contributed by atoms with van der Waals surface area (Å²) in [6.07, 6.45) is 2.74. The highest BCUT2D eigenvalue weighted by Crippen LogP contribution is 2.33. The van der Waals surface area contributed by atoms with Crippen molar-refractivity contribution in [3.8, 4) is 0 Å². The normalized spacial score (nSPS) is 21.3. The van der Waals surface area contributed by atoms with Crippen LogP contribution in [-0.4, -0.2) is 5.78 Å². The maximum absolute atomic E-state index is 11.4. The van der Waals surface area contributed by atoms with Crippen LogP contribution >= 0.6 is 11.6 Å². The van der Waals surface area contributed by atoms with Gasteiger partial charge in [0.1, 0.15) is 0 Å². The van der Waals surface area contributed by atoms with Crippen molar-refractivity contribution in [2.75, 3.05) is 0 Å². The van der Waals surface area contributed by atoms with Gasteiger partial charge in [-0.25, -0.2) is 0 Å². The van der Waals surface area contributed by atoms with Gasteiger partial charge in [0, 0.05) is 17.1 Å². The molecule has 3 heteroatoms. The van der Waals surface area contributed by atoms with Gasteiger partial charge in [-0.1, -0.05) is 29.8 Å². The molecule has 2 nitrogen and oxygen atoms in total. The number of benzene rings is 1. The molecule has 1 aromatic rings. The molecule has 1 unspecified atom stereocenters. The molecule has 78 valence electrons. The summed E-state index contributed by atoms with van der Waals surface area (Å²) in [6.45, 7) is 0. The Hall–Kier alpha value is -1.28. The Kier molecular flexibility index (Phi) is 2.78. The Morgan fingerprint density at radius 3 is 2.67 bits per heavy atom. The molecule has 2 rings (SSSR count). The Labute approximate surface area is 93.7 Å². The third-order valence-corrected chi connectivity index (χ3v) is 2.97. The highest BCUT2D eigenvalue weighted by Gasteiger charge is 2.22. The van der Waals surface area contributed by atoms with Gasteiger partial charge in [0.15, 0.2) is 5.78 Å². The van der Waals surface area contributed by atoms with Crippen LogP contribution in [0.25, 0.3) is 0 Å². The van der Waals surface area contributed by atoms with E-state index < -0.39 is 0 Å². The Morgan fingerprint density at radius 2 is 2.00 bits per heavy atom. The van der Waals surface area contributed by atoms with Crippen LogP contribution in [0.4, 0.5) is 0 Å². The number of ketones is 1. The first-order chi connectivity index (χ1) is 7.16. The molecule has 1 aromatic carbocycles. The molecule has 0 amide bonds. The molecule has 15 heavy (non-hydrogen) atoms. The van der Waals surface area contributed by atoms with Crippen LogP contribution in [0.1, 0.15) is 24.3 Å². The largest absolute Gasteiger partial charge is 0.402 e. The van der Waals surface area contributed by atoms with E-state index in [4.69, 9.17) is 17.3 Å². The van der Waals surface area contributed by atoms with E-state index in [1.54, 1.807) is 0 Å². The van der Waals surface area contributed by atoms with Crippen LogP contribution in [0, 0.1) is 0 Å². The molecule has 1 aliphatic rings. The molecular formula is C12H12ClNO. The van der Waals surface area contributed by atoms with Gasteiger partial charge in [-0.2, -0.15) is 0 Å². The first-order valence-corrected chi connectivity index (χ1v) is 5.28. The number of rotatable bonds is 1. The van der Waals surface area contributed by atoms with Crippen molar-refractivity contribution >= 4 is 17.4 Å². The topological polar surface area (TPSA) is 43.1 Å². The number of carbonyl (C=O) groups is 1. The maximum atomic E-state index is 11.4. The Balaban J connectivity index is 2.30. The van der Waals surface area contributed by atoms with Crippen LogP contribution in [-0.2, 0) is 4.79 Å². The fourth-order valence-corrected chi connectivity index (χ4v) is 2.24. The van der Waals surface area contributed by atoms with Gasteiger partial charge < -0.3 is 5.73 Å². The summed E-state index contributed by atoms with van der Waals surface area (Å²) in [5.74, 6) is 0.222. The van der Waals surface area contributed by atoms with Gasteiger partial charge in [0.25, 0.3) is 0 Å². The highest BCUT2D eigenvalue weighted by atomic mass is 35.5. The van der Waals surface area contributed by atoms with Gasteiger partial charge in [0.2, 0.25) is 0 Å². The van der Waals surface area contributed by atoms with Gasteiger partial charge in [-0.3, -0.25) is 4.79 Å². The summed E-state index contributed by atoms with van der Waals surface area (Å²) in [5.41, 5.74) is 7.37. The van der Waals surface area contributed by atoms with E-state index in [-0.39, 0.29) is 11.7 Å². The minimum Gasteiger partial charge on any atom is -0.402 e. The van der Waals surface area contributed by atoms with Crippen molar-refractivity contribution in [2.45, 2.75) is 18.8 Å². The van der Waals surface area contributed by atoms with Crippen LogP contribution in [0.3, 0.4) is 0 Å². The number of halogens is 1. The lowest BCUT2D eigenvalue weighted by atomic mass is 9.86. The molecule has 1 atom stereocenters.